The summed E-state index contributed by atoms with van der Waals surface area (Å²) in [7, 11) is 0. The molecule has 0 aliphatic heterocycles. The van der Waals surface area contributed by atoms with E-state index in [0.29, 0.717) is 35.1 Å². The van der Waals surface area contributed by atoms with Gasteiger partial charge in [-0.25, -0.2) is 28.4 Å². The number of carbonyl (C=O) groups excluding carboxylic acids is 1. The highest BCUT2D eigenvalue weighted by molar-refractivity contribution is 5.90. The van der Waals surface area contributed by atoms with Crippen molar-refractivity contribution < 1.29 is 18.3 Å². The molecule has 10 heteroatoms. The number of pyridine rings is 1. The van der Waals surface area contributed by atoms with Crippen molar-refractivity contribution in [3.05, 3.63) is 65.5 Å². The van der Waals surface area contributed by atoms with E-state index >= 15 is 0 Å². The van der Waals surface area contributed by atoms with Crippen LogP contribution in [-0.4, -0.2) is 37.3 Å². The first kappa shape index (κ1) is 20.9. The molecule has 0 unspecified atom stereocenters. The standard InChI is InChI=1S/C23H20F2N6O2/c1-2-33-22(32)23(7-8-23)16-11-28-20(29-19(16)26)18-15-4-3-9-27-21(15)31(30-18)12-13-5-6-14(24)10-17(13)25/h3-6,9-11H,2,7-8,12H2,1H3,(H2,26,28,29). The first-order chi connectivity index (χ1) is 15.9. The fourth-order valence-corrected chi connectivity index (χ4v) is 3.95. The summed E-state index contributed by atoms with van der Waals surface area (Å²) in [4.78, 5) is 25.6. The van der Waals surface area contributed by atoms with Crippen molar-refractivity contribution in [3.8, 4) is 11.5 Å². The molecule has 0 spiro atoms. The molecule has 0 radical (unpaired) electrons. The molecule has 1 saturated carbocycles. The molecule has 168 valence electrons. The van der Waals surface area contributed by atoms with Crippen LogP contribution < -0.4 is 5.73 Å². The summed E-state index contributed by atoms with van der Waals surface area (Å²) in [5.41, 5.74) is 7.16. The van der Waals surface area contributed by atoms with E-state index < -0.39 is 17.0 Å². The molecule has 0 saturated heterocycles. The number of ether oxygens (including phenoxy) is 1. The quantitative estimate of drug-likeness (QED) is 0.449. The first-order valence-electron chi connectivity index (χ1n) is 10.5. The van der Waals surface area contributed by atoms with Crippen molar-refractivity contribution in [2.75, 3.05) is 12.3 Å². The van der Waals surface area contributed by atoms with Crippen LogP contribution in [0.25, 0.3) is 22.6 Å². The maximum Gasteiger partial charge on any atom is 0.316 e. The number of aromatic nitrogens is 5. The van der Waals surface area contributed by atoms with E-state index in [9.17, 15) is 13.6 Å². The van der Waals surface area contributed by atoms with Crippen LogP contribution in [0.3, 0.4) is 0 Å². The average Bonchev–Trinajstić information content (AvgIpc) is 3.52. The van der Waals surface area contributed by atoms with Crippen LogP contribution in [-0.2, 0) is 21.5 Å². The number of carbonyl (C=O) groups is 1. The zero-order chi connectivity index (χ0) is 23.2. The first-order valence-corrected chi connectivity index (χ1v) is 10.5. The minimum atomic E-state index is -0.790. The molecule has 5 rings (SSSR count). The Morgan fingerprint density at radius 3 is 2.76 bits per heavy atom. The molecule has 33 heavy (non-hydrogen) atoms. The maximum absolute atomic E-state index is 14.2. The molecular weight excluding hydrogens is 430 g/mol. The largest absolute Gasteiger partial charge is 0.465 e. The number of halogens is 2. The smallest absolute Gasteiger partial charge is 0.316 e. The summed E-state index contributed by atoms with van der Waals surface area (Å²) in [6.45, 7) is 2.08. The van der Waals surface area contributed by atoms with Crippen LogP contribution in [0.2, 0.25) is 0 Å². The van der Waals surface area contributed by atoms with Gasteiger partial charge in [0.05, 0.1) is 24.0 Å². The molecule has 8 nitrogen and oxygen atoms in total. The second kappa shape index (κ2) is 7.88. The van der Waals surface area contributed by atoms with E-state index in [-0.39, 0.29) is 36.3 Å². The Balaban J connectivity index is 1.54. The zero-order valence-corrected chi connectivity index (χ0v) is 17.8. The highest BCUT2D eigenvalue weighted by Gasteiger charge is 2.54. The summed E-state index contributed by atoms with van der Waals surface area (Å²) < 4.78 is 34.2. The van der Waals surface area contributed by atoms with Gasteiger partial charge in [0.15, 0.2) is 11.5 Å². The Kier molecular flexibility index (Phi) is 4.99. The molecule has 3 aromatic heterocycles. The number of nitrogens with two attached hydrogens (primary N) is 1. The number of esters is 1. The normalized spacial score (nSPS) is 14.4. The SMILES string of the molecule is CCOC(=O)C1(c2cnc(-c3nn(Cc4ccc(F)cc4F)c4ncccc34)nc2N)CC1. The van der Waals surface area contributed by atoms with E-state index in [0.717, 1.165) is 6.07 Å². The van der Waals surface area contributed by atoms with Gasteiger partial charge in [0.25, 0.3) is 0 Å². The van der Waals surface area contributed by atoms with Gasteiger partial charge in [0.2, 0.25) is 0 Å². The Hall–Kier alpha value is -3.95. The summed E-state index contributed by atoms with van der Waals surface area (Å²) in [5, 5.41) is 5.20. The van der Waals surface area contributed by atoms with Crippen LogP contribution in [0, 0.1) is 11.6 Å². The third kappa shape index (κ3) is 3.57. The Labute approximate surface area is 187 Å². The number of nitrogen functional groups attached to an aromatic ring is 1. The van der Waals surface area contributed by atoms with Gasteiger partial charge in [-0.2, -0.15) is 5.10 Å². The number of hydrogen-bond acceptors (Lipinski definition) is 7. The Morgan fingerprint density at radius 2 is 2.06 bits per heavy atom. The van der Waals surface area contributed by atoms with Gasteiger partial charge in [-0.3, -0.25) is 4.79 Å². The monoisotopic (exact) mass is 450 g/mol. The lowest BCUT2D eigenvalue weighted by Gasteiger charge is -2.15. The molecular formula is C23H20F2N6O2. The van der Waals surface area contributed by atoms with Crippen molar-refractivity contribution >= 4 is 22.8 Å². The predicted molar refractivity (Wildman–Crippen MR) is 116 cm³/mol. The number of rotatable bonds is 6. The number of hydrogen-bond donors (Lipinski definition) is 1. The van der Waals surface area contributed by atoms with Crippen LogP contribution in [0.4, 0.5) is 14.6 Å². The topological polar surface area (TPSA) is 109 Å². The van der Waals surface area contributed by atoms with Gasteiger partial charge >= 0.3 is 5.97 Å². The number of benzene rings is 1. The fourth-order valence-electron chi connectivity index (χ4n) is 3.95. The molecule has 1 aromatic carbocycles. The number of nitrogens with zero attached hydrogens (tertiary/aromatic N) is 5. The van der Waals surface area contributed by atoms with Gasteiger partial charge in [-0.15, -0.1) is 0 Å². The number of anilines is 1. The zero-order valence-electron chi connectivity index (χ0n) is 17.8. The van der Waals surface area contributed by atoms with Gasteiger partial charge in [-0.05, 0) is 38.0 Å². The molecule has 2 N–H and O–H groups in total. The van der Waals surface area contributed by atoms with E-state index in [4.69, 9.17) is 10.5 Å². The van der Waals surface area contributed by atoms with Gasteiger partial charge < -0.3 is 10.5 Å². The lowest BCUT2D eigenvalue weighted by molar-refractivity contribution is -0.146. The summed E-state index contributed by atoms with van der Waals surface area (Å²) in [5.74, 6) is -1.21. The lowest BCUT2D eigenvalue weighted by atomic mass is 9.98. The van der Waals surface area contributed by atoms with Crippen molar-refractivity contribution in [3.63, 3.8) is 0 Å². The van der Waals surface area contributed by atoms with Gasteiger partial charge in [0.1, 0.15) is 23.1 Å². The number of fused-ring (bicyclic) bond motifs is 1. The molecule has 1 aliphatic rings. The van der Waals surface area contributed by atoms with Crippen molar-refractivity contribution in [1.29, 1.82) is 0 Å². The van der Waals surface area contributed by atoms with Crippen LogP contribution in [0.1, 0.15) is 30.9 Å². The third-order valence-electron chi connectivity index (χ3n) is 5.80. The molecule has 0 amide bonds. The predicted octanol–water partition coefficient (Wildman–Crippen LogP) is 3.39. The third-order valence-corrected chi connectivity index (χ3v) is 5.80. The maximum atomic E-state index is 14.2. The fraction of sp³-hybridized carbons (Fsp3) is 0.261. The molecule has 4 aromatic rings. The van der Waals surface area contributed by atoms with Gasteiger partial charge in [0, 0.05) is 29.6 Å². The van der Waals surface area contributed by atoms with Gasteiger partial charge in [-0.1, -0.05) is 6.07 Å². The molecule has 0 bridgehead atoms. The van der Waals surface area contributed by atoms with E-state index in [1.807, 2.05) is 0 Å². The van der Waals surface area contributed by atoms with Crippen molar-refractivity contribution in [1.82, 2.24) is 24.7 Å². The highest BCUT2D eigenvalue weighted by Crippen LogP contribution is 2.50. The van der Waals surface area contributed by atoms with Crippen molar-refractivity contribution in [2.24, 2.45) is 0 Å². The van der Waals surface area contributed by atoms with Crippen molar-refractivity contribution in [2.45, 2.75) is 31.7 Å². The summed E-state index contributed by atoms with van der Waals surface area (Å²) in [6.07, 6.45) is 4.40. The second-order valence-electron chi connectivity index (χ2n) is 7.91. The minimum Gasteiger partial charge on any atom is -0.465 e. The average molecular weight is 450 g/mol. The highest BCUT2D eigenvalue weighted by atomic mass is 19.1. The van der Waals surface area contributed by atoms with Crippen LogP contribution in [0.15, 0.2) is 42.7 Å². The van der Waals surface area contributed by atoms with Crippen LogP contribution >= 0.6 is 0 Å². The Bertz CT molecular complexity index is 1380. The molecule has 3 heterocycles. The minimum absolute atomic E-state index is 0.0408. The summed E-state index contributed by atoms with van der Waals surface area (Å²) >= 11 is 0. The Morgan fingerprint density at radius 1 is 1.24 bits per heavy atom. The summed E-state index contributed by atoms with van der Waals surface area (Å²) in [6, 6.07) is 6.94. The van der Waals surface area contributed by atoms with E-state index in [1.165, 1.54) is 16.8 Å². The van der Waals surface area contributed by atoms with E-state index in [2.05, 4.69) is 20.1 Å². The molecule has 1 fully saturated rings. The van der Waals surface area contributed by atoms with E-state index in [1.54, 1.807) is 31.5 Å². The molecule has 1 aliphatic carbocycles. The van der Waals surface area contributed by atoms with Crippen LogP contribution in [0.5, 0.6) is 0 Å². The molecule has 0 atom stereocenters. The lowest BCUT2D eigenvalue weighted by Crippen LogP contribution is -2.25. The second-order valence-corrected chi connectivity index (χ2v) is 7.91.